The van der Waals surface area contributed by atoms with E-state index in [1.165, 1.54) is 25.7 Å². The van der Waals surface area contributed by atoms with Gasteiger partial charge in [-0.1, -0.05) is 12.8 Å². The van der Waals surface area contributed by atoms with E-state index in [2.05, 4.69) is 9.97 Å². The van der Waals surface area contributed by atoms with Crippen LogP contribution in [0.2, 0.25) is 0 Å². The van der Waals surface area contributed by atoms with Crippen LogP contribution in [0.5, 0.6) is 0 Å². The van der Waals surface area contributed by atoms with Gasteiger partial charge in [0.1, 0.15) is 12.1 Å². The first-order chi connectivity index (χ1) is 6.77. The summed E-state index contributed by atoms with van der Waals surface area (Å²) in [7, 11) is 0. The monoisotopic (exact) mass is 211 g/mol. The Morgan fingerprint density at radius 2 is 2.07 bits per heavy atom. The molecule has 0 aromatic carbocycles. The Morgan fingerprint density at radius 1 is 1.36 bits per heavy atom. The van der Waals surface area contributed by atoms with Crippen molar-refractivity contribution in [2.24, 2.45) is 0 Å². The Kier molecular flexibility index (Phi) is 2.87. The van der Waals surface area contributed by atoms with E-state index in [-0.39, 0.29) is 0 Å². The van der Waals surface area contributed by atoms with Gasteiger partial charge in [-0.15, -0.1) is 0 Å². The molecule has 4 heteroatoms. The Hall–Kier alpha value is -0.830. The maximum Gasteiger partial charge on any atom is 0.146 e. The van der Waals surface area contributed by atoms with Crippen LogP contribution in [0.3, 0.4) is 0 Å². The number of hydrogen-bond donors (Lipinski definition) is 0. The Morgan fingerprint density at radius 3 is 2.71 bits per heavy atom. The van der Waals surface area contributed by atoms with Crippen molar-refractivity contribution in [3.8, 4) is 0 Å². The van der Waals surface area contributed by atoms with Crippen LogP contribution in [0.25, 0.3) is 0 Å². The summed E-state index contributed by atoms with van der Waals surface area (Å²) in [4.78, 5) is 8.22. The molecule has 0 amide bonds. The molecule has 0 saturated heterocycles. The third kappa shape index (κ3) is 1.98. The lowest BCUT2D eigenvalue weighted by Gasteiger charge is -2.21. The minimum atomic E-state index is 0.450. The number of aromatic nitrogens is 2. The number of rotatable bonds is 2. The molecule has 1 aliphatic rings. The zero-order chi connectivity index (χ0) is 9.97. The number of aryl methyl sites for hydroxylation is 1. The van der Waals surface area contributed by atoms with Gasteiger partial charge in [-0.2, -0.15) is 0 Å². The topological polar surface area (TPSA) is 29.0 Å². The molecule has 0 spiro atoms. The normalized spacial score (nSPS) is 17.3. The highest BCUT2D eigenvalue weighted by Crippen LogP contribution is 2.28. The molecule has 2 rings (SSSR count). The molecule has 1 aromatic heterocycles. The molecular formula is C10H14ClN3. The zero-order valence-corrected chi connectivity index (χ0v) is 9.04. The van der Waals surface area contributed by atoms with Gasteiger partial charge in [0.25, 0.3) is 0 Å². The maximum absolute atomic E-state index is 6.23. The largest absolute Gasteiger partial charge is 0.266 e. The molecule has 0 atom stereocenters. The molecule has 1 heterocycles. The molecule has 0 bridgehead atoms. The quantitative estimate of drug-likeness (QED) is 0.705. The summed E-state index contributed by atoms with van der Waals surface area (Å²) >= 11 is 6.23. The molecule has 14 heavy (non-hydrogen) atoms. The highest BCUT2D eigenvalue weighted by molar-refractivity contribution is 6.25. The summed E-state index contributed by atoms with van der Waals surface area (Å²) in [5.41, 5.74) is 0.957. The van der Waals surface area contributed by atoms with Crippen molar-refractivity contribution in [2.75, 3.05) is 4.42 Å². The lowest BCUT2D eigenvalue weighted by molar-refractivity contribution is 0.697. The van der Waals surface area contributed by atoms with E-state index < -0.39 is 0 Å². The van der Waals surface area contributed by atoms with Crippen molar-refractivity contribution in [2.45, 2.75) is 38.6 Å². The SMILES string of the molecule is Cc1cc(N(Cl)C2CCCC2)ncn1. The Bertz CT molecular complexity index is 310. The molecule has 1 aliphatic carbocycles. The van der Waals surface area contributed by atoms with Gasteiger partial charge in [0, 0.05) is 29.6 Å². The third-order valence-corrected chi connectivity index (χ3v) is 3.10. The second kappa shape index (κ2) is 4.13. The van der Waals surface area contributed by atoms with Crippen molar-refractivity contribution < 1.29 is 0 Å². The van der Waals surface area contributed by atoms with Crippen molar-refractivity contribution in [1.82, 2.24) is 9.97 Å². The van der Waals surface area contributed by atoms with E-state index in [9.17, 15) is 0 Å². The van der Waals surface area contributed by atoms with Gasteiger partial charge < -0.3 is 0 Å². The summed E-state index contributed by atoms with van der Waals surface area (Å²) in [5, 5.41) is 0. The smallest absolute Gasteiger partial charge is 0.146 e. The zero-order valence-electron chi connectivity index (χ0n) is 8.28. The second-order valence-electron chi connectivity index (χ2n) is 3.77. The second-order valence-corrected chi connectivity index (χ2v) is 4.13. The Labute approximate surface area is 89.2 Å². The molecular weight excluding hydrogens is 198 g/mol. The van der Waals surface area contributed by atoms with Gasteiger partial charge in [0.2, 0.25) is 0 Å². The van der Waals surface area contributed by atoms with Crippen LogP contribution in [0.4, 0.5) is 5.82 Å². The molecule has 76 valence electrons. The van der Waals surface area contributed by atoms with E-state index in [0.717, 1.165) is 11.5 Å². The Balaban J connectivity index is 2.13. The molecule has 1 fully saturated rings. The van der Waals surface area contributed by atoms with Crippen LogP contribution < -0.4 is 4.42 Å². The predicted octanol–water partition coefficient (Wildman–Crippen LogP) is 2.69. The molecule has 0 unspecified atom stereocenters. The van der Waals surface area contributed by atoms with Gasteiger partial charge in [-0.25, -0.2) is 9.97 Å². The first-order valence-electron chi connectivity index (χ1n) is 5.01. The predicted molar refractivity (Wildman–Crippen MR) is 57.4 cm³/mol. The fourth-order valence-corrected chi connectivity index (χ4v) is 2.16. The van der Waals surface area contributed by atoms with Crippen LogP contribution in [0.1, 0.15) is 31.4 Å². The minimum Gasteiger partial charge on any atom is -0.266 e. The van der Waals surface area contributed by atoms with E-state index >= 15 is 0 Å². The highest BCUT2D eigenvalue weighted by atomic mass is 35.5. The number of hydrogen-bond acceptors (Lipinski definition) is 3. The fraction of sp³-hybridized carbons (Fsp3) is 0.600. The average Bonchev–Trinajstić information content (AvgIpc) is 2.69. The number of halogens is 1. The van der Waals surface area contributed by atoms with Crippen LogP contribution in [-0.4, -0.2) is 16.0 Å². The molecule has 0 radical (unpaired) electrons. The van der Waals surface area contributed by atoms with Gasteiger partial charge in [-0.05, 0) is 19.8 Å². The van der Waals surface area contributed by atoms with Crippen LogP contribution in [0, 0.1) is 6.92 Å². The van der Waals surface area contributed by atoms with E-state index in [1.807, 2.05) is 13.0 Å². The van der Waals surface area contributed by atoms with Crippen molar-refractivity contribution in [3.05, 3.63) is 18.1 Å². The van der Waals surface area contributed by atoms with Crippen molar-refractivity contribution in [3.63, 3.8) is 0 Å². The lowest BCUT2D eigenvalue weighted by Crippen LogP contribution is -2.24. The van der Waals surface area contributed by atoms with Crippen LogP contribution in [-0.2, 0) is 0 Å². The maximum atomic E-state index is 6.23. The standard InChI is InChI=1S/C10H14ClN3/c1-8-6-10(13-7-12-8)14(11)9-4-2-3-5-9/h6-7,9H,2-5H2,1H3. The van der Waals surface area contributed by atoms with Crippen molar-refractivity contribution in [1.29, 1.82) is 0 Å². The van der Waals surface area contributed by atoms with E-state index in [1.54, 1.807) is 10.7 Å². The van der Waals surface area contributed by atoms with Gasteiger partial charge in [0.15, 0.2) is 0 Å². The molecule has 3 nitrogen and oxygen atoms in total. The number of nitrogens with zero attached hydrogens (tertiary/aromatic N) is 3. The van der Waals surface area contributed by atoms with E-state index in [4.69, 9.17) is 11.8 Å². The number of anilines is 1. The molecule has 1 saturated carbocycles. The van der Waals surface area contributed by atoms with Crippen LogP contribution >= 0.6 is 11.8 Å². The van der Waals surface area contributed by atoms with Gasteiger partial charge in [-0.3, -0.25) is 4.42 Å². The van der Waals surface area contributed by atoms with Gasteiger partial charge >= 0.3 is 0 Å². The highest BCUT2D eigenvalue weighted by Gasteiger charge is 2.22. The van der Waals surface area contributed by atoms with Gasteiger partial charge in [0.05, 0.1) is 0 Å². The average molecular weight is 212 g/mol. The summed E-state index contributed by atoms with van der Waals surface area (Å²) in [5.74, 6) is 0.825. The molecule has 0 N–H and O–H groups in total. The minimum absolute atomic E-state index is 0.450. The summed E-state index contributed by atoms with van der Waals surface area (Å²) in [6.45, 7) is 1.95. The van der Waals surface area contributed by atoms with Crippen LogP contribution in [0.15, 0.2) is 12.4 Å². The third-order valence-electron chi connectivity index (χ3n) is 2.65. The van der Waals surface area contributed by atoms with E-state index in [0.29, 0.717) is 6.04 Å². The fourth-order valence-electron chi connectivity index (χ4n) is 1.88. The molecule has 0 aliphatic heterocycles. The van der Waals surface area contributed by atoms with Crippen molar-refractivity contribution >= 4 is 17.6 Å². The molecule has 1 aromatic rings. The summed E-state index contributed by atoms with van der Waals surface area (Å²) < 4.78 is 1.77. The summed E-state index contributed by atoms with van der Waals surface area (Å²) in [6.07, 6.45) is 6.46. The first kappa shape index (κ1) is 9.71. The first-order valence-corrected chi connectivity index (χ1v) is 5.35. The summed E-state index contributed by atoms with van der Waals surface area (Å²) in [6, 6.07) is 2.37. The lowest BCUT2D eigenvalue weighted by atomic mass is 10.2.